The SMILES string of the molecule is O=C(O)C1=Cc2ccccc2C=CS1. The predicted octanol–water partition coefficient (Wildman–Crippen LogP) is 2.83. The second-order valence-electron chi connectivity index (χ2n) is 2.86. The van der Waals surface area contributed by atoms with Crippen molar-refractivity contribution in [1.29, 1.82) is 0 Å². The summed E-state index contributed by atoms with van der Waals surface area (Å²) >= 11 is 1.23. The molecule has 0 aliphatic carbocycles. The van der Waals surface area contributed by atoms with E-state index in [0.29, 0.717) is 4.91 Å². The molecular formula is C11H8O2S. The quantitative estimate of drug-likeness (QED) is 0.764. The van der Waals surface area contributed by atoms with Gasteiger partial charge in [0.15, 0.2) is 0 Å². The Kier molecular flexibility index (Phi) is 2.41. The molecule has 1 aliphatic heterocycles. The average Bonchev–Trinajstić information content (AvgIpc) is 2.39. The van der Waals surface area contributed by atoms with Crippen LogP contribution in [0.2, 0.25) is 0 Å². The Bertz CT molecular complexity index is 433. The van der Waals surface area contributed by atoms with Crippen LogP contribution in [0.15, 0.2) is 34.6 Å². The van der Waals surface area contributed by atoms with Gasteiger partial charge in [-0.05, 0) is 28.7 Å². The molecule has 1 aromatic rings. The predicted molar refractivity (Wildman–Crippen MR) is 58.7 cm³/mol. The average molecular weight is 204 g/mol. The van der Waals surface area contributed by atoms with Gasteiger partial charge < -0.3 is 5.11 Å². The van der Waals surface area contributed by atoms with Gasteiger partial charge in [0.1, 0.15) is 0 Å². The van der Waals surface area contributed by atoms with Crippen LogP contribution in [0.5, 0.6) is 0 Å². The molecule has 2 rings (SSSR count). The first-order valence-corrected chi connectivity index (χ1v) is 5.02. The molecule has 70 valence electrons. The molecule has 0 fully saturated rings. The zero-order valence-corrected chi connectivity index (χ0v) is 8.12. The van der Waals surface area contributed by atoms with E-state index in [1.165, 1.54) is 11.8 Å². The molecule has 1 heterocycles. The Morgan fingerprint density at radius 2 is 1.93 bits per heavy atom. The minimum atomic E-state index is -0.878. The van der Waals surface area contributed by atoms with Crippen LogP contribution < -0.4 is 0 Å². The van der Waals surface area contributed by atoms with Crippen LogP contribution in [-0.4, -0.2) is 11.1 Å². The summed E-state index contributed by atoms with van der Waals surface area (Å²) < 4.78 is 0. The molecule has 2 nitrogen and oxygen atoms in total. The van der Waals surface area contributed by atoms with E-state index < -0.39 is 5.97 Å². The van der Waals surface area contributed by atoms with Gasteiger partial charge in [0.2, 0.25) is 0 Å². The Morgan fingerprint density at radius 3 is 2.64 bits per heavy atom. The van der Waals surface area contributed by atoms with E-state index in [0.717, 1.165) is 11.1 Å². The molecule has 0 unspecified atom stereocenters. The van der Waals surface area contributed by atoms with Crippen LogP contribution in [-0.2, 0) is 4.79 Å². The maximum Gasteiger partial charge on any atom is 0.342 e. The maximum atomic E-state index is 10.8. The molecule has 3 heteroatoms. The summed E-state index contributed by atoms with van der Waals surface area (Å²) in [7, 11) is 0. The number of carboxylic acids is 1. The number of hydrogen-bond acceptors (Lipinski definition) is 2. The van der Waals surface area contributed by atoms with E-state index in [9.17, 15) is 4.79 Å². The number of fused-ring (bicyclic) bond motifs is 1. The largest absolute Gasteiger partial charge is 0.477 e. The van der Waals surface area contributed by atoms with Crippen LogP contribution in [0, 0.1) is 0 Å². The zero-order valence-electron chi connectivity index (χ0n) is 7.31. The standard InChI is InChI=1S/C11H8O2S/c12-11(13)10-7-9-4-2-1-3-8(9)5-6-14-10/h1-7H,(H,12,13). The number of aliphatic carboxylic acids is 1. The lowest BCUT2D eigenvalue weighted by molar-refractivity contribution is -0.131. The van der Waals surface area contributed by atoms with Crippen LogP contribution in [0.1, 0.15) is 11.1 Å². The third kappa shape index (κ3) is 1.72. The van der Waals surface area contributed by atoms with Crippen molar-refractivity contribution in [2.45, 2.75) is 0 Å². The first-order valence-electron chi connectivity index (χ1n) is 4.14. The molecule has 1 aromatic carbocycles. The highest BCUT2D eigenvalue weighted by Crippen LogP contribution is 2.27. The van der Waals surface area contributed by atoms with E-state index in [1.54, 1.807) is 11.5 Å². The normalized spacial score (nSPS) is 14.1. The summed E-state index contributed by atoms with van der Waals surface area (Å²) in [6.45, 7) is 0. The fourth-order valence-corrected chi connectivity index (χ4v) is 1.92. The Labute approximate surface area is 85.9 Å². The van der Waals surface area contributed by atoms with Crippen molar-refractivity contribution in [2.24, 2.45) is 0 Å². The third-order valence-electron chi connectivity index (χ3n) is 1.94. The fourth-order valence-electron chi connectivity index (χ4n) is 1.26. The lowest BCUT2D eigenvalue weighted by atomic mass is 10.1. The van der Waals surface area contributed by atoms with E-state index in [4.69, 9.17) is 5.11 Å². The van der Waals surface area contributed by atoms with Crippen LogP contribution >= 0.6 is 11.8 Å². The van der Waals surface area contributed by atoms with Gasteiger partial charge in [-0.3, -0.25) is 0 Å². The number of carbonyl (C=O) groups is 1. The number of carboxylic acid groups (broad SMARTS) is 1. The third-order valence-corrected chi connectivity index (χ3v) is 2.75. The van der Waals surface area contributed by atoms with Gasteiger partial charge in [-0.25, -0.2) is 4.79 Å². The Hall–Kier alpha value is -1.48. The summed E-state index contributed by atoms with van der Waals surface area (Å²) in [6, 6.07) is 7.72. The Balaban J connectivity index is 2.52. The highest BCUT2D eigenvalue weighted by atomic mass is 32.2. The van der Waals surface area contributed by atoms with Gasteiger partial charge >= 0.3 is 5.97 Å². The highest BCUT2D eigenvalue weighted by Gasteiger charge is 2.09. The van der Waals surface area contributed by atoms with Crippen molar-refractivity contribution in [1.82, 2.24) is 0 Å². The minimum absolute atomic E-state index is 0.353. The molecule has 0 spiro atoms. The highest BCUT2D eigenvalue weighted by molar-refractivity contribution is 8.06. The van der Waals surface area contributed by atoms with Gasteiger partial charge in [-0.2, -0.15) is 0 Å². The van der Waals surface area contributed by atoms with E-state index >= 15 is 0 Å². The minimum Gasteiger partial charge on any atom is -0.477 e. The summed E-state index contributed by atoms with van der Waals surface area (Å²) in [4.78, 5) is 11.1. The summed E-state index contributed by atoms with van der Waals surface area (Å²) in [6.07, 6.45) is 3.62. The van der Waals surface area contributed by atoms with Gasteiger partial charge in [-0.15, -0.1) is 0 Å². The lowest BCUT2D eigenvalue weighted by Gasteiger charge is -1.98. The zero-order chi connectivity index (χ0) is 9.97. The van der Waals surface area contributed by atoms with Crippen molar-refractivity contribution in [2.75, 3.05) is 0 Å². The second kappa shape index (κ2) is 3.72. The smallest absolute Gasteiger partial charge is 0.342 e. The van der Waals surface area contributed by atoms with E-state index in [1.807, 2.05) is 30.3 Å². The molecule has 0 atom stereocenters. The van der Waals surface area contributed by atoms with E-state index in [2.05, 4.69) is 0 Å². The number of hydrogen-bond donors (Lipinski definition) is 1. The summed E-state index contributed by atoms with van der Waals surface area (Å²) in [5.41, 5.74) is 2.00. The first-order chi connectivity index (χ1) is 6.77. The van der Waals surface area contributed by atoms with Crippen molar-refractivity contribution < 1.29 is 9.90 Å². The topological polar surface area (TPSA) is 37.3 Å². The van der Waals surface area contributed by atoms with Crippen molar-refractivity contribution in [3.63, 3.8) is 0 Å². The second-order valence-corrected chi connectivity index (χ2v) is 3.81. The molecule has 14 heavy (non-hydrogen) atoms. The molecule has 0 saturated carbocycles. The molecule has 0 bridgehead atoms. The van der Waals surface area contributed by atoms with E-state index in [-0.39, 0.29) is 0 Å². The van der Waals surface area contributed by atoms with Gasteiger partial charge in [0, 0.05) is 0 Å². The molecule has 0 amide bonds. The number of thioether (sulfide) groups is 1. The lowest BCUT2D eigenvalue weighted by Crippen LogP contribution is -1.94. The number of rotatable bonds is 1. The molecule has 0 radical (unpaired) electrons. The van der Waals surface area contributed by atoms with Crippen molar-refractivity contribution >= 4 is 29.9 Å². The van der Waals surface area contributed by atoms with Gasteiger partial charge in [-0.1, -0.05) is 36.0 Å². The molecule has 0 aromatic heterocycles. The molecule has 0 saturated heterocycles. The molecule has 1 N–H and O–H groups in total. The monoisotopic (exact) mass is 204 g/mol. The summed E-state index contributed by atoms with van der Waals surface area (Å²) in [5.74, 6) is -0.878. The fraction of sp³-hybridized carbons (Fsp3) is 0. The van der Waals surface area contributed by atoms with Crippen molar-refractivity contribution in [3.8, 4) is 0 Å². The summed E-state index contributed by atoms with van der Waals surface area (Å²) in [5, 5.41) is 10.7. The van der Waals surface area contributed by atoms with Crippen LogP contribution in [0.25, 0.3) is 12.2 Å². The number of benzene rings is 1. The Morgan fingerprint density at radius 1 is 1.21 bits per heavy atom. The molecule has 1 aliphatic rings. The van der Waals surface area contributed by atoms with Gasteiger partial charge in [0.25, 0.3) is 0 Å². The van der Waals surface area contributed by atoms with Crippen LogP contribution in [0.3, 0.4) is 0 Å². The first kappa shape index (κ1) is 9.09. The molecular weight excluding hydrogens is 196 g/mol. The van der Waals surface area contributed by atoms with Crippen LogP contribution in [0.4, 0.5) is 0 Å². The van der Waals surface area contributed by atoms with Gasteiger partial charge in [0.05, 0.1) is 4.91 Å². The maximum absolute atomic E-state index is 10.8. The van der Waals surface area contributed by atoms with Crippen molar-refractivity contribution in [3.05, 3.63) is 45.7 Å².